The molecule has 8 aromatic carbocycles. The van der Waals surface area contributed by atoms with Crippen molar-refractivity contribution < 1.29 is 0 Å². The van der Waals surface area contributed by atoms with Gasteiger partial charge in [-0.25, -0.2) is 0 Å². The summed E-state index contributed by atoms with van der Waals surface area (Å²) < 4.78 is 1.89. The van der Waals surface area contributed by atoms with Crippen LogP contribution in [0.15, 0.2) is 205 Å². The van der Waals surface area contributed by atoms with E-state index in [0.29, 0.717) is 5.39 Å². The summed E-state index contributed by atoms with van der Waals surface area (Å²) in [6.45, 7) is 0. The van der Waals surface area contributed by atoms with Gasteiger partial charge in [-0.3, -0.25) is 9.36 Å². The molecule has 2 nitrogen and oxygen atoms in total. The second kappa shape index (κ2) is 12.9. The van der Waals surface area contributed by atoms with E-state index in [0.717, 1.165) is 77.6 Å². The summed E-state index contributed by atoms with van der Waals surface area (Å²) >= 11 is 0. The smallest absolute Gasteiger partial charge is 0.263 e. The quantitative estimate of drug-likeness (QED) is 0.164. The zero-order chi connectivity index (χ0) is 34.1. The van der Waals surface area contributed by atoms with Gasteiger partial charge in [-0.15, -0.1) is 0 Å². The first-order chi connectivity index (χ1) is 25.2. The van der Waals surface area contributed by atoms with Gasteiger partial charge in [0, 0.05) is 16.5 Å². The first-order valence-electron chi connectivity index (χ1n) is 17.3. The maximum atomic E-state index is 14.6. The van der Waals surface area contributed by atoms with Gasteiger partial charge >= 0.3 is 0 Å². The third-order valence-corrected chi connectivity index (χ3v) is 9.78. The first kappa shape index (κ1) is 30.3. The van der Waals surface area contributed by atoms with Crippen LogP contribution in [-0.4, -0.2) is 4.57 Å². The molecule has 240 valence electrons. The van der Waals surface area contributed by atoms with Crippen LogP contribution < -0.4 is 5.56 Å². The largest absolute Gasteiger partial charge is 0.276 e. The molecule has 1 aromatic heterocycles. The topological polar surface area (TPSA) is 22.0 Å². The minimum atomic E-state index is -0.0373. The number of hydrogen-bond donors (Lipinski definition) is 0. The van der Waals surface area contributed by atoms with Crippen LogP contribution in [0.3, 0.4) is 0 Å². The van der Waals surface area contributed by atoms with Crippen molar-refractivity contribution in [2.24, 2.45) is 0 Å². The van der Waals surface area contributed by atoms with Crippen LogP contribution in [0.1, 0.15) is 0 Å². The highest BCUT2D eigenvalue weighted by Gasteiger charge is 2.16. The van der Waals surface area contributed by atoms with Crippen LogP contribution in [0.2, 0.25) is 0 Å². The van der Waals surface area contributed by atoms with Gasteiger partial charge in [0.15, 0.2) is 0 Å². The summed E-state index contributed by atoms with van der Waals surface area (Å²) in [7, 11) is 0. The van der Waals surface area contributed by atoms with Gasteiger partial charge in [-0.05, 0) is 116 Å². The van der Waals surface area contributed by atoms with Gasteiger partial charge in [0.05, 0.1) is 5.52 Å². The maximum absolute atomic E-state index is 14.6. The monoisotopic (exact) mass is 651 g/mol. The molecule has 9 rings (SSSR count). The molecule has 9 aromatic rings. The Morgan fingerprint density at radius 2 is 0.686 bits per heavy atom. The van der Waals surface area contributed by atoms with E-state index in [1.165, 1.54) is 0 Å². The summed E-state index contributed by atoms with van der Waals surface area (Å²) in [6, 6.07) is 69.6. The van der Waals surface area contributed by atoms with E-state index in [1.54, 1.807) is 0 Å². The molecular formula is C49H33NO. The Labute approximate surface area is 297 Å². The van der Waals surface area contributed by atoms with E-state index < -0.39 is 0 Å². The number of aromatic nitrogens is 1. The van der Waals surface area contributed by atoms with Gasteiger partial charge in [-0.2, -0.15) is 0 Å². The molecule has 0 fully saturated rings. The van der Waals surface area contributed by atoms with Crippen LogP contribution >= 0.6 is 0 Å². The van der Waals surface area contributed by atoms with Crippen molar-refractivity contribution in [2.75, 3.05) is 0 Å². The summed E-state index contributed by atoms with van der Waals surface area (Å²) in [5, 5.41) is 2.67. The third kappa shape index (κ3) is 5.73. The molecule has 0 atom stereocenters. The van der Waals surface area contributed by atoms with Crippen molar-refractivity contribution in [1.29, 1.82) is 0 Å². The highest BCUT2D eigenvalue weighted by molar-refractivity contribution is 6.09. The Balaban J connectivity index is 1.26. The fraction of sp³-hybridized carbons (Fsp3) is 0. The van der Waals surface area contributed by atoms with Gasteiger partial charge in [0.25, 0.3) is 5.56 Å². The second-order valence-electron chi connectivity index (χ2n) is 12.9. The number of hydrogen-bond acceptors (Lipinski definition) is 1. The average Bonchev–Trinajstić information content (AvgIpc) is 3.22. The Morgan fingerprint density at radius 3 is 1.22 bits per heavy atom. The third-order valence-electron chi connectivity index (χ3n) is 9.78. The number of rotatable bonds is 6. The number of pyridine rings is 1. The molecule has 0 bridgehead atoms. The van der Waals surface area contributed by atoms with Crippen LogP contribution in [0.4, 0.5) is 0 Å². The van der Waals surface area contributed by atoms with E-state index in [2.05, 4.69) is 164 Å². The number of benzene rings is 8. The lowest BCUT2D eigenvalue weighted by Gasteiger charge is -2.17. The molecule has 0 unspecified atom stereocenters. The summed E-state index contributed by atoms with van der Waals surface area (Å²) in [6.07, 6.45) is 0. The lowest BCUT2D eigenvalue weighted by atomic mass is 9.93. The fourth-order valence-electron chi connectivity index (χ4n) is 7.22. The lowest BCUT2D eigenvalue weighted by molar-refractivity contribution is 1.06. The van der Waals surface area contributed by atoms with E-state index in [-0.39, 0.29) is 5.56 Å². The normalized spacial score (nSPS) is 11.2. The molecule has 0 N–H and O–H groups in total. The zero-order valence-electron chi connectivity index (χ0n) is 27.9. The van der Waals surface area contributed by atoms with Crippen LogP contribution in [0, 0.1) is 0 Å². The van der Waals surface area contributed by atoms with Crippen molar-refractivity contribution in [3.63, 3.8) is 0 Å². The highest BCUT2D eigenvalue weighted by atomic mass is 16.1. The van der Waals surface area contributed by atoms with Crippen molar-refractivity contribution >= 4 is 21.7 Å². The van der Waals surface area contributed by atoms with Gasteiger partial charge in [0.2, 0.25) is 0 Å². The molecule has 1 heterocycles. The summed E-state index contributed by atoms with van der Waals surface area (Å²) in [4.78, 5) is 14.6. The Morgan fingerprint density at radius 1 is 0.275 bits per heavy atom. The van der Waals surface area contributed by atoms with E-state index in [1.807, 2.05) is 41.0 Å². The molecule has 2 heteroatoms. The summed E-state index contributed by atoms with van der Waals surface area (Å²) in [5.74, 6) is 0. The number of fused-ring (bicyclic) bond motifs is 3. The van der Waals surface area contributed by atoms with Crippen LogP contribution in [0.5, 0.6) is 0 Å². The predicted molar refractivity (Wildman–Crippen MR) is 214 cm³/mol. The highest BCUT2D eigenvalue weighted by Crippen LogP contribution is 2.36. The maximum Gasteiger partial charge on any atom is 0.263 e. The van der Waals surface area contributed by atoms with Gasteiger partial charge in [0.1, 0.15) is 0 Å². The van der Waals surface area contributed by atoms with Gasteiger partial charge < -0.3 is 0 Å². The van der Waals surface area contributed by atoms with Crippen LogP contribution in [0.25, 0.3) is 83.0 Å². The summed E-state index contributed by atoms with van der Waals surface area (Å²) in [5.41, 5.74) is 12.9. The minimum absolute atomic E-state index is 0.0373. The zero-order valence-corrected chi connectivity index (χ0v) is 27.9. The molecule has 0 aliphatic heterocycles. The van der Waals surface area contributed by atoms with E-state index in [4.69, 9.17) is 0 Å². The molecule has 0 amide bonds. The molecule has 0 radical (unpaired) electrons. The lowest BCUT2D eigenvalue weighted by Crippen LogP contribution is -2.19. The fourth-order valence-corrected chi connectivity index (χ4v) is 7.22. The SMILES string of the molecule is O=c1c2ccc(-c3ccccc3)cc2c2cc(-c3ccccc3)ccc2n1-c1cccc(-c2cc(-c3ccccc3)cc(-c3ccccc3)c2)c1. The van der Waals surface area contributed by atoms with E-state index in [9.17, 15) is 4.79 Å². The first-order valence-corrected chi connectivity index (χ1v) is 17.3. The Bertz CT molecular complexity index is 2670. The molecule has 0 saturated carbocycles. The molecular weight excluding hydrogens is 619 g/mol. The molecule has 0 aliphatic rings. The Kier molecular flexibility index (Phi) is 7.68. The van der Waals surface area contributed by atoms with E-state index >= 15 is 0 Å². The van der Waals surface area contributed by atoms with Gasteiger partial charge in [-0.1, -0.05) is 146 Å². The van der Waals surface area contributed by atoms with Crippen molar-refractivity contribution in [1.82, 2.24) is 4.57 Å². The minimum Gasteiger partial charge on any atom is -0.276 e. The predicted octanol–water partition coefficient (Wildman–Crippen LogP) is 12.5. The second-order valence-corrected chi connectivity index (χ2v) is 12.9. The van der Waals surface area contributed by atoms with Crippen molar-refractivity contribution in [3.05, 3.63) is 211 Å². The average molecular weight is 652 g/mol. The molecule has 0 aliphatic carbocycles. The molecule has 0 spiro atoms. The van der Waals surface area contributed by atoms with Crippen LogP contribution in [-0.2, 0) is 0 Å². The molecule has 0 saturated heterocycles. The Hall–Kier alpha value is -6.77. The molecule has 51 heavy (non-hydrogen) atoms. The number of nitrogens with zero attached hydrogens (tertiary/aromatic N) is 1. The standard InChI is InChI=1S/C49H33NO/c51-49-45-26-24-39(34-14-5-1-6-15-34)32-46(45)47-33-40(35-16-7-2-8-17-35)25-27-48(47)50(49)44-23-13-22-38(31-44)43-29-41(36-18-9-3-10-19-36)28-42(30-43)37-20-11-4-12-21-37/h1-33H. The van der Waals surface area contributed by atoms with Crippen molar-refractivity contribution in [2.45, 2.75) is 0 Å². The van der Waals surface area contributed by atoms with Crippen molar-refractivity contribution in [3.8, 4) is 61.3 Å².